The average Bonchev–Trinajstić information content (AvgIpc) is 2.56. The summed E-state index contributed by atoms with van der Waals surface area (Å²) >= 11 is 1.90. The predicted octanol–water partition coefficient (Wildman–Crippen LogP) is 5.91. The summed E-state index contributed by atoms with van der Waals surface area (Å²) in [5.41, 5.74) is 1.13. The molecule has 0 unspecified atom stereocenters. The van der Waals surface area contributed by atoms with Crippen LogP contribution in [0, 0.1) is 5.92 Å². The van der Waals surface area contributed by atoms with E-state index >= 15 is 0 Å². The van der Waals surface area contributed by atoms with Crippen LogP contribution in [-0.4, -0.2) is 17.0 Å². The number of unbranched alkanes of at least 4 members (excludes halogenated alkanes) is 3. The first-order chi connectivity index (χ1) is 10.7. The topological polar surface area (TPSA) is 20.2 Å². The van der Waals surface area contributed by atoms with Crippen LogP contribution >= 0.6 is 11.8 Å². The number of thioether (sulfide) groups is 1. The van der Waals surface area contributed by atoms with E-state index < -0.39 is 6.10 Å². The second-order valence-corrected chi connectivity index (χ2v) is 6.82. The Labute approximate surface area is 140 Å². The highest BCUT2D eigenvalue weighted by Crippen LogP contribution is 2.28. The van der Waals surface area contributed by atoms with Gasteiger partial charge in [0.1, 0.15) is 0 Å². The van der Waals surface area contributed by atoms with Crippen molar-refractivity contribution in [2.24, 2.45) is 5.92 Å². The van der Waals surface area contributed by atoms with Gasteiger partial charge in [-0.2, -0.15) is 0 Å². The molecule has 1 N–H and O–H groups in total. The lowest BCUT2D eigenvalue weighted by Crippen LogP contribution is -2.16. The van der Waals surface area contributed by atoms with E-state index in [0.29, 0.717) is 0 Å². The van der Waals surface area contributed by atoms with E-state index in [0.717, 1.165) is 11.3 Å². The van der Waals surface area contributed by atoms with Crippen LogP contribution in [0.15, 0.2) is 47.4 Å². The van der Waals surface area contributed by atoms with Crippen molar-refractivity contribution in [3.05, 3.63) is 53.0 Å². The predicted molar refractivity (Wildman–Crippen MR) is 101 cm³/mol. The molecule has 0 bridgehead atoms. The van der Waals surface area contributed by atoms with Gasteiger partial charge in [0.25, 0.3) is 0 Å². The SMILES string of the molecule is C/C=C(\SCCCCCC)[C@H](C)[C@H](O)/C=C/c1ccccc1. The Morgan fingerprint density at radius 1 is 1.18 bits per heavy atom. The monoisotopic (exact) mass is 318 g/mol. The van der Waals surface area contributed by atoms with Gasteiger partial charge in [-0.25, -0.2) is 0 Å². The van der Waals surface area contributed by atoms with Crippen molar-refractivity contribution in [2.75, 3.05) is 5.75 Å². The van der Waals surface area contributed by atoms with Crippen LogP contribution in [0.25, 0.3) is 6.08 Å². The summed E-state index contributed by atoms with van der Waals surface area (Å²) in [4.78, 5) is 1.29. The molecule has 2 atom stereocenters. The van der Waals surface area contributed by atoms with Gasteiger partial charge < -0.3 is 5.11 Å². The van der Waals surface area contributed by atoms with E-state index in [1.54, 1.807) is 0 Å². The second-order valence-electron chi connectivity index (χ2n) is 5.65. The number of allylic oxidation sites excluding steroid dienone is 1. The molecule has 2 heteroatoms. The van der Waals surface area contributed by atoms with E-state index in [-0.39, 0.29) is 5.92 Å². The van der Waals surface area contributed by atoms with Crippen molar-refractivity contribution in [1.82, 2.24) is 0 Å². The zero-order valence-corrected chi connectivity index (χ0v) is 15.0. The van der Waals surface area contributed by atoms with Gasteiger partial charge in [0, 0.05) is 5.92 Å². The molecule has 22 heavy (non-hydrogen) atoms. The quantitative estimate of drug-likeness (QED) is 0.541. The van der Waals surface area contributed by atoms with Gasteiger partial charge in [-0.3, -0.25) is 0 Å². The van der Waals surface area contributed by atoms with Gasteiger partial charge >= 0.3 is 0 Å². The van der Waals surface area contributed by atoms with Gasteiger partial charge in [-0.05, 0) is 29.6 Å². The van der Waals surface area contributed by atoms with Gasteiger partial charge in [-0.15, -0.1) is 11.8 Å². The molecular formula is C20H30OS. The smallest absolute Gasteiger partial charge is 0.0794 e. The molecule has 0 heterocycles. The molecule has 0 aliphatic carbocycles. The van der Waals surface area contributed by atoms with Crippen LogP contribution in [0.5, 0.6) is 0 Å². The van der Waals surface area contributed by atoms with Crippen LogP contribution in [0.2, 0.25) is 0 Å². The number of aliphatic hydroxyl groups is 1. The Morgan fingerprint density at radius 3 is 2.55 bits per heavy atom. The van der Waals surface area contributed by atoms with Crippen LogP contribution in [0.1, 0.15) is 52.0 Å². The van der Waals surface area contributed by atoms with Crippen molar-refractivity contribution < 1.29 is 5.11 Å². The van der Waals surface area contributed by atoms with Crippen LogP contribution in [-0.2, 0) is 0 Å². The molecule has 0 aromatic heterocycles. The number of benzene rings is 1. The molecule has 0 saturated heterocycles. The van der Waals surface area contributed by atoms with Crippen LogP contribution < -0.4 is 0 Å². The average molecular weight is 319 g/mol. The molecule has 122 valence electrons. The first-order valence-corrected chi connectivity index (χ1v) is 9.38. The van der Waals surface area contributed by atoms with Crippen molar-refractivity contribution in [2.45, 2.75) is 52.6 Å². The molecule has 0 spiro atoms. The van der Waals surface area contributed by atoms with E-state index in [1.165, 1.54) is 30.6 Å². The summed E-state index contributed by atoms with van der Waals surface area (Å²) in [6.07, 6.45) is 10.8. The summed E-state index contributed by atoms with van der Waals surface area (Å²) < 4.78 is 0. The van der Waals surface area contributed by atoms with E-state index in [1.807, 2.05) is 54.2 Å². The molecule has 0 aliphatic rings. The minimum atomic E-state index is -0.436. The van der Waals surface area contributed by atoms with E-state index in [4.69, 9.17) is 0 Å². The Morgan fingerprint density at radius 2 is 1.91 bits per heavy atom. The Hall–Kier alpha value is -0.990. The fourth-order valence-corrected chi connectivity index (χ4v) is 3.46. The first kappa shape index (κ1) is 19.1. The minimum Gasteiger partial charge on any atom is -0.388 e. The maximum absolute atomic E-state index is 10.4. The number of aliphatic hydroxyl groups excluding tert-OH is 1. The Bertz CT molecular complexity index is 450. The zero-order valence-electron chi connectivity index (χ0n) is 14.2. The summed E-state index contributed by atoms with van der Waals surface area (Å²) in [6, 6.07) is 10.1. The minimum absolute atomic E-state index is 0.154. The van der Waals surface area contributed by atoms with Gasteiger partial charge in [0.15, 0.2) is 0 Å². The van der Waals surface area contributed by atoms with Gasteiger partial charge in [0.05, 0.1) is 6.10 Å². The Balaban J connectivity index is 2.45. The van der Waals surface area contributed by atoms with Crippen molar-refractivity contribution >= 4 is 17.8 Å². The highest BCUT2D eigenvalue weighted by atomic mass is 32.2. The normalized spacial score (nSPS) is 15.2. The molecule has 0 saturated carbocycles. The fraction of sp³-hybridized carbons (Fsp3) is 0.500. The number of hydrogen-bond acceptors (Lipinski definition) is 2. The molecule has 0 aliphatic heterocycles. The fourth-order valence-electron chi connectivity index (χ4n) is 2.31. The third-order valence-corrected chi connectivity index (χ3v) is 5.23. The molecule has 0 fully saturated rings. The standard InChI is InChI=1S/C20H30OS/c1-4-6-7-11-16-22-20(5-2)17(3)19(21)15-14-18-12-9-8-10-13-18/h5,8-10,12-15,17,19,21H,4,6-7,11,16H2,1-3H3/b15-14+,20-5-/t17-,19-/m1/s1. The maximum atomic E-state index is 10.4. The van der Waals surface area contributed by atoms with E-state index in [2.05, 4.69) is 26.8 Å². The first-order valence-electron chi connectivity index (χ1n) is 8.39. The van der Waals surface area contributed by atoms with Crippen molar-refractivity contribution in [1.29, 1.82) is 0 Å². The number of hydrogen-bond donors (Lipinski definition) is 1. The molecule has 1 aromatic rings. The van der Waals surface area contributed by atoms with Crippen LogP contribution in [0.4, 0.5) is 0 Å². The summed E-state index contributed by atoms with van der Waals surface area (Å²) in [5, 5.41) is 10.4. The van der Waals surface area contributed by atoms with E-state index in [9.17, 15) is 5.11 Å². The molecule has 0 radical (unpaired) electrons. The van der Waals surface area contributed by atoms with Gasteiger partial charge in [-0.1, -0.05) is 81.7 Å². The third kappa shape index (κ3) is 7.33. The third-order valence-electron chi connectivity index (χ3n) is 3.80. The molecule has 1 nitrogen and oxygen atoms in total. The lowest BCUT2D eigenvalue weighted by Gasteiger charge is -2.19. The highest BCUT2D eigenvalue weighted by Gasteiger charge is 2.15. The summed E-state index contributed by atoms with van der Waals surface area (Å²) in [6.45, 7) is 6.41. The Kier molecular flexibility index (Phi) is 10.0. The highest BCUT2D eigenvalue weighted by molar-refractivity contribution is 8.03. The summed E-state index contributed by atoms with van der Waals surface area (Å²) in [5.74, 6) is 1.31. The molecule has 0 amide bonds. The van der Waals surface area contributed by atoms with Gasteiger partial charge in [0.2, 0.25) is 0 Å². The second kappa shape index (κ2) is 11.6. The van der Waals surface area contributed by atoms with Crippen LogP contribution in [0.3, 0.4) is 0 Å². The molecular weight excluding hydrogens is 288 g/mol. The van der Waals surface area contributed by atoms with Crippen molar-refractivity contribution in [3.8, 4) is 0 Å². The largest absolute Gasteiger partial charge is 0.388 e. The lowest BCUT2D eigenvalue weighted by molar-refractivity contribution is 0.184. The maximum Gasteiger partial charge on any atom is 0.0794 e. The number of rotatable bonds is 10. The molecule has 1 aromatic carbocycles. The summed E-state index contributed by atoms with van der Waals surface area (Å²) in [7, 11) is 0. The van der Waals surface area contributed by atoms with Crippen molar-refractivity contribution in [3.63, 3.8) is 0 Å². The zero-order chi connectivity index (χ0) is 16.2. The molecule has 1 rings (SSSR count). The lowest BCUT2D eigenvalue weighted by atomic mass is 10.0.